The van der Waals surface area contributed by atoms with Crippen molar-refractivity contribution in [3.63, 3.8) is 0 Å². The van der Waals surface area contributed by atoms with Crippen molar-refractivity contribution in [2.75, 3.05) is 45.9 Å². The fourth-order valence-electron chi connectivity index (χ4n) is 3.11. The number of halogens is 3. The Hall–Kier alpha value is -2.45. The summed E-state index contributed by atoms with van der Waals surface area (Å²) in [4.78, 5) is 24.5. The Morgan fingerprint density at radius 1 is 1.19 bits per heavy atom. The molecule has 0 bridgehead atoms. The molecular weight excluding hydrogens is 445 g/mol. The number of hydrogen-bond donors (Lipinski definition) is 0. The van der Waals surface area contributed by atoms with E-state index in [9.17, 15) is 36.5 Å². The van der Waals surface area contributed by atoms with E-state index in [0.717, 1.165) is 18.2 Å². The Kier molecular flexibility index (Phi) is 7.83. The molecule has 2 rings (SSSR count). The molecule has 1 aromatic rings. The third kappa shape index (κ3) is 6.04. The molecule has 1 saturated heterocycles. The molecule has 1 fully saturated rings. The number of nitro groups is 1. The molecule has 174 valence electrons. The topological polar surface area (TPSA) is 113 Å². The van der Waals surface area contributed by atoms with Crippen molar-refractivity contribution < 1.29 is 36.0 Å². The maximum Gasteiger partial charge on any atom is 0.422 e. The van der Waals surface area contributed by atoms with E-state index in [1.54, 1.807) is 13.8 Å². The Morgan fingerprint density at radius 2 is 1.77 bits per heavy atom. The fraction of sp³-hybridized carbons (Fsp3) is 0.588. The van der Waals surface area contributed by atoms with Gasteiger partial charge in [0.05, 0.1) is 4.92 Å². The largest absolute Gasteiger partial charge is 0.484 e. The summed E-state index contributed by atoms with van der Waals surface area (Å²) in [5, 5.41) is 11.3. The second-order valence-corrected chi connectivity index (χ2v) is 8.55. The van der Waals surface area contributed by atoms with E-state index in [1.807, 2.05) is 0 Å². The third-order valence-corrected chi connectivity index (χ3v) is 6.87. The summed E-state index contributed by atoms with van der Waals surface area (Å²) in [7, 11) is -3.69. The van der Waals surface area contributed by atoms with Gasteiger partial charge in [-0.15, -0.1) is 0 Å². The lowest BCUT2D eigenvalue weighted by molar-refractivity contribution is -0.385. The van der Waals surface area contributed by atoms with E-state index in [-0.39, 0.29) is 45.0 Å². The van der Waals surface area contributed by atoms with Gasteiger partial charge in [0.25, 0.3) is 21.8 Å². The monoisotopic (exact) mass is 468 g/mol. The maximum absolute atomic E-state index is 12.8. The van der Waals surface area contributed by atoms with Gasteiger partial charge in [-0.2, -0.15) is 30.2 Å². The fourth-order valence-corrected chi connectivity index (χ4v) is 4.71. The molecule has 1 amide bonds. The molecule has 0 saturated carbocycles. The molecular formula is C17H23F3N4O6S. The molecule has 0 aromatic heterocycles. The van der Waals surface area contributed by atoms with Crippen LogP contribution in [0.2, 0.25) is 0 Å². The van der Waals surface area contributed by atoms with Crippen molar-refractivity contribution in [2.24, 2.45) is 0 Å². The van der Waals surface area contributed by atoms with Gasteiger partial charge < -0.3 is 9.64 Å². The van der Waals surface area contributed by atoms with Crippen LogP contribution in [0.4, 0.5) is 18.9 Å². The molecule has 0 N–H and O–H groups in total. The Balaban J connectivity index is 2.18. The quantitative estimate of drug-likeness (QED) is 0.425. The van der Waals surface area contributed by atoms with Crippen LogP contribution >= 0.6 is 0 Å². The Bertz CT molecular complexity index is 913. The summed E-state index contributed by atoms with van der Waals surface area (Å²) >= 11 is 0. The summed E-state index contributed by atoms with van der Waals surface area (Å²) in [6, 6.07) is 2.78. The van der Waals surface area contributed by atoms with E-state index >= 15 is 0 Å². The molecule has 1 aromatic carbocycles. The zero-order valence-corrected chi connectivity index (χ0v) is 17.8. The Labute approximate surface area is 177 Å². The average molecular weight is 468 g/mol. The van der Waals surface area contributed by atoms with Gasteiger partial charge in [-0.25, -0.2) is 0 Å². The molecule has 10 nitrogen and oxygen atoms in total. The molecule has 0 radical (unpaired) electrons. The van der Waals surface area contributed by atoms with Gasteiger partial charge in [-0.05, 0) is 12.1 Å². The second-order valence-electron chi connectivity index (χ2n) is 6.62. The predicted octanol–water partition coefficient (Wildman–Crippen LogP) is 1.88. The SMILES string of the molecule is CCN(CC)S(=O)(=O)N1CCN(C(=O)c2cc(OCC(F)(F)F)ccc2[N+](=O)[O-])CC1. The van der Waals surface area contributed by atoms with Crippen molar-refractivity contribution in [3.8, 4) is 5.75 Å². The normalized spacial score (nSPS) is 15.9. The summed E-state index contributed by atoms with van der Waals surface area (Å²) in [5.74, 6) is -1.13. The number of carbonyl (C=O) groups is 1. The van der Waals surface area contributed by atoms with Crippen LogP contribution in [-0.2, 0) is 10.2 Å². The van der Waals surface area contributed by atoms with Gasteiger partial charge in [-0.1, -0.05) is 13.8 Å². The minimum atomic E-state index is -4.61. The third-order valence-electron chi connectivity index (χ3n) is 4.68. The standard InChI is InChI=1S/C17H23F3N4O6S/c1-3-22(4-2)31(28,29)23-9-7-21(8-10-23)16(25)14-11-13(30-12-17(18,19)20)5-6-15(14)24(26)27/h5-6,11H,3-4,7-10,12H2,1-2H3. The number of carbonyl (C=O) groups excluding carboxylic acids is 1. The van der Waals surface area contributed by atoms with Crippen molar-refractivity contribution in [3.05, 3.63) is 33.9 Å². The van der Waals surface area contributed by atoms with Crippen molar-refractivity contribution in [2.45, 2.75) is 20.0 Å². The molecule has 0 atom stereocenters. The number of benzene rings is 1. The number of alkyl halides is 3. The maximum atomic E-state index is 12.8. The van der Waals surface area contributed by atoms with Crippen LogP contribution in [0.15, 0.2) is 18.2 Å². The highest BCUT2D eigenvalue weighted by Gasteiger charge is 2.34. The van der Waals surface area contributed by atoms with Crippen LogP contribution in [0.25, 0.3) is 0 Å². The zero-order chi connectivity index (χ0) is 23.4. The number of piperazine rings is 1. The zero-order valence-electron chi connectivity index (χ0n) is 17.0. The predicted molar refractivity (Wildman–Crippen MR) is 104 cm³/mol. The summed E-state index contributed by atoms with van der Waals surface area (Å²) < 4.78 is 69.4. The van der Waals surface area contributed by atoms with Crippen molar-refractivity contribution in [1.29, 1.82) is 0 Å². The molecule has 14 heteroatoms. The van der Waals surface area contributed by atoms with Gasteiger partial charge in [0, 0.05) is 45.3 Å². The number of nitrogens with zero attached hydrogens (tertiary/aromatic N) is 4. The second kappa shape index (κ2) is 9.78. The van der Waals surface area contributed by atoms with E-state index < -0.39 is 45.1 Å². The molecule has 1 aliphatic heterocycles. The van der Waals surface area contributed by atoms with Gasteiger partial charge in [0.1, 0.15) is 11.3 Å². The molecule has 0 unspecified atom stereocenters. The van der Waals surface area contributed by atoms with Crippen LogP contribution in [0.5, 0.6) is 5.75 Å². The summed E-state index contributed by atoms with van der Waals surface area (Å²) in [5.41, 5.74) is -1.01. The first kappa shape index (κ1) is 24.8. The van der Waals surface area contributed by atoms with E-state index in [4.69, 9.17) is 0 Å². The lowest BCUT2D eigenvalue weighted by atomic mass is 10.1. The van der Waals surface area contributed by atoms with Gasteiger partial charge >= 0.3 is 6.18 Å². The summed E-state index contributed by atoms with van der Waals surface area (Å²) in [6.07, 6.45) is -4.61. The Morgan fingerprint density at radius 3 is 2.26 bits per heavy atom. The van der Waals surface area contributed by atoms with E-state index in [2.05, 4.69) is 4.74 Å². The molecule has 31 heavy (non-hydrogen) atoms. The van der Waals surface area contributed by atoms with Crippen LogP contribution < -0.4 is 4.74 Å². The minimum Gasteiger partial charge on any atom is -0.484 e. The first-order valence-electron chi connectivity index (χ1n) is 9.43. The lowest BCUT2D eigenvalue weighted by Crippen LogP contribution is -2.54. The summed E-state index contributed by atoms with van der Waals surface area (Å²) in [6.45, 7) is 2.30. The highest BCUT2D eigenvalue weighted by molar-refractivity contribution is 7.86. The number of ether oxygens (including phenoxy) is 1. The van der Waals surface area contributed by atoms with Crippen LogP contribution in [0.1, 0.15) is 24.2 Å². The van der Waals surface area contributed by atoms with Crippen LogP contribution in [-0.4, -0.2) is 84.8 Å². The average Bonchev–Trinajstić information content (AvgIpc) is 2.71. The van der Waals surface area contributed by atoms with Crippen molar-refractivity contribution in [1.82, 2.24) is 13.5 Å². The first-order valence-corrected chi connectivity index (χ1v) is 10.8. The number of rotatable bonds is 8. The van der Waals surface area contributed by atoms with E-state index in [1.165, 1.54) is 13.5 Å². The molecule has 1 aliphatic rings. The molecule has 1 heterocycles. The number of amides is 1. The van der Waals surface area contributed by atoms with Crippen LogP contribution in [0, 0.1) is 10.1 Å². The number of nitro benzene ring substituents is 1. The minimum absolute atomic E-state index is 0.0113. The number of hydrogen-bond acceptors (Lipinski definition) is 6. The first-order chi connectivity index (χ1) is 14.4. The van der Waals surface area contributed by atoms with Gasteiger partial charge in [0.15, 0.2) is 6.61 Å². The van der Waals surface area contributed by atoms with Crippen LogP contribution in [0.3, 0.4) is 0 Å². The highest BCUT2D eigenvalue weighted by atomic mass is 32.2. The van der Waals surface area contributed by atoms with Gasteiger partial charge in [-0.3, -0.25) is 14.9 Å². The molecule has 0 spiro atoms. The van der Waals surface area contributed by atoms with Gasteiger partial charge in [0.2, 0.25) is 0 Å². The van der Waals surface area contributed by atoms with Crippen molar-refractivity contribution >= 4 is 21.8 Å². The van der Waals surface area contributed by atoms with E-state index in [0.29, 0.717) is 0 Å². The molecule has 0 aliphatic carbocycles. The smallest absolute Gasteiger partial charge is 0.422 e. The lowest BCUT2D eigenvalue weighted by Gasteiger charge is -2.36. The highest BCUT2D eigenvalue weighted by Crippen LogP contribution is 2.27.